The molecule has 2 heterocycles. The topological polar surface area (TPSA) is 204 Å². The number of aryl methyl sites for hydroxylation is 1. The molecule has 0 amide bonds. The van der Waals surface area contributed by atoms with Gasteiger partial charge in [-0.05, 0) is 6.92 Å². The third-order valence-corrected chi connectivity index (χ3v) is 5.45. The van der Waals surface area contributed by atoms with Crippen LogP contribution in [0.1, 0.15) is 18.2 Å². The Morgan fingerprint density at radius 3 is 2.68 bits per heavy atom. The van der Waals surface area contributed by atoms with Gasteiger partial charge in [0.2, 0.25) is 0 Å². The lowest BCUT2D eigenvalue weighted by atomic mass is 10.2. The maximum Gasteiger partial charge on any atom is 0.481 e. The van der Waals surface area contributed by atoms with Crippen molar-refractivity contribution in [3.63, 3.8) is 0 Å². The molecule has 1 fully saturated rings. The summed E-state index contributed by atoms with van der Waals surface area (Å²) in [4.78, 5) is 41.7. The van der Waals surface area contributed by atoms with Crippen LogP contribution in [-0.2, 0) is 22.7 Å². The van der Waals surface area contributed by atoms with Gasteiger partial charge in [-0.3, -0.25) is 9.09 Å². The second-order valence-electron chi connectivity index (χ2n) is 5.27. The Balaban J connectivity index is 2.05. The molecule has 1 aromatic rings. The van der Waals surface area contributed by atoms with E-state index in [1.54, 1.807) is 6.92 Å². The number of aliphatic hydroxyl groups excluding tert-OH is 1. The van der Waals surface area contributed by atoms with E-state index in [4.69, 9.17) is 20.3 Å². The molecule has 15 heteroatoms. The number of hydrogen-bond donors (Lipinski definition) is 5. The van der Waals surface area contributed by atoms with E-state index in [1.807, 2.05) is 0 Å². The Morgan fingerprint density at radius 2 is 2.08 bits per heavy atom. The van der Waals surface area contributed by atoms with Crippen molar-refractivity contribution in [2.45, 2.75) is 31.8 Å². The first kappa shape index (κ1) is 20.2. The number of nitrogens with two attached hydrogens (primary N) is 1. The molecule has 6 N–H and O–H groups in total. The van der Waals surface area contributed by atoms with Crippen molar-refractivity contribution in [1.82, 2.24) is 9.55 Å². The normalized spacial score (nSPS) is 26.5. The molecule has 0 aromatic carbocycles. The van der Waals surface area contributed by atoms with E-state index in [1.165, 1.54) is 6.20 Å². The van der Waals surface area contributed by atoms with Gasteiger partial charge >= 0.3 is 21.3 Å². The number of rotatable bonds is 6. The van der Waals surface area contributed by atoms with Gasteiger partial charge in [-0.25, -0.2) is 13.9 Å². The third-order valence-electron chi connectivity index (χ3n) is 3.30. The number of phosphoric ester groups is 1. The average molecular weight is 401 g/mol. The number of ether oxygens (including phenoxy) is 1. The van der Waals surface area contributed by atoms with Crippen molar-refractivity contribution in [3.05, 3.63) is 22.2 Å². The summed E-state index contributed by atoms with van der Waals surface area (Å²) < 4.78 is 36.5. The Morgan fingerprint density at radius 1 is 1.44 bits per heavy atom. The summed E-state index contributed by atoms with van der Waals surface area (Å²) in [6.07, 6.45) is -1.91. The molecule has 4 atom stereocenters. The van der Waals surface area contributed by atoms with Crippen LogP contribution in [0.15, 0.2) is 11.0 Å². The number of nitrogens with zero attached hydrogens (tertiary/aromatic N) is 2. The lowest BCUT2D eigenvalue weighted by molar-refractivity contribution is -0.0450. The number of nitrogen functional groups attached to an aromatic ring is 1. The number of hydrogen-bond acceptors (Lipinski definition) is 9. The summed E-state index contributed by atoms with van der Waals surface area (Å²) in [6, 6.07) is 0. The van der Waals surface area contributed by atoms with Gasteiger partial charge in [-0.2, -0.15) is 9.29 Å². The maximum absolute atomic E-state index is 11.9. The zero-order valence-electron chi connectivity index (χ0n) is 12.8. The van der Waals surface area contributed by atoms with E-state index in [0.29, 0.717) is 5.56 Å². The quantitative estimate of drug-likeness (QED) is 0.365. The SMILES string of the molecule is Cc1cn([C@H]2C[C@H](O)[C@@H](COP(=O)(O)OP(=O)(O)O)O2)c(=O)nc1N. The standard InChI is InChI=1S/C10H17N3O10P2/c1-5-3-13(10(15)12-9(5)11)8-2-6(14)7(22-8)4-21-25(19,20)23-24(16,17)18/h3,6-8,14H,2,4H2,1H3,(H,19,20)(H2,11,12,15)(H2,16,17,18)/t6-,7+,8+/m0/s1. The van der Waals surface area contributed by atoms with Crippen molar-refractivity contribution in [1.29, 1.82) is 0 Å². The lowest BCUT2D eigenvalue weighted by Gasteiger charge is -2.18. The predicted octanol–water partition coefficient (Wildman–Crippen LogP) is -0.991. The zero-order valence-corrected chi connectivity index (χ0v) is 14.6. The van der Waals surface area contributed by atoms with Crippen LogP contribution in [0.4, 0.5) is 5.82 Å². The van der Waals surface area contributed by atoms with Gasteiger partial charge in [0.1, 0.15) is 18.1 Å². The van der Waals surface area contributed by atoms with Crippen molar-refractivity contribution < 1.29 is 42.5 Å². The van der Waals surface area contributed by atoms with Crippen LogP contribution < -0.4 is 11.4 Å². The third kappa shape index (κ3) is 5.42. The molecule has 0 bridgehead atoms. The molecule has 1 unspecified atom stereocenters. The highest BCUT2D eigenvalue weighted by atomic mass is 31.3. The summed E-state index contributed by atoms with van der Waals surface area (Å²) in [5.74, 6) is 0.0514. The van der Waals surface area contributed by atoms with E-state index < -0.39 is 46.4 Å². The van der Waals surface area contributed by atoms with Crippen molar-refractivity contribution in [2.24, 2.45) is 0 Å². The van der Waals surface area contributed by atoms with Crippen molar-refractivity contribution in [3.8, 4) is 0 Å². The van der Waals surface area contributed by atoms with Crippen LogP contribution in [0.25, 0.3) is 0 Å². The molecule has 1 aromatic heterocycles. The first-order valence-electron chi connectivity index (χ1n) is 6.81. The molecule has 13 nitrogen and oxygen atoms in total. The number of phosphoric acid groups is 2. The highest BCUT2D eigenvalue weighted by molar-refractivity contribution is 7.60. The van der Waals surface area contributed by atoms with Gasteiger partial charge in [-0.1, -0.05) is 0 Å². The summed E-state index contributed by atoms with van der Waals surface area (Å²) in [6.45, 7) is 0.910. The summed E-state index contributed by atoms with van der Waals surface area (Å²) in [5.41, 5.74) is 5.32. The highest BCUT2D eigenvalue weighted by Crippen LogP contribution is 2.57. The van der Waals surface area contributed by atoms with Crippen LogP contribution in [0.5, 0.6) is 0 Å². The van der Waals surface area contributed by atoms with Gasteiger partial charge in [0.05, 0.1) is 12.7 Å². The van der Waals surface area contributed by atoms with E-state index in [9.17, 15) is 23.9 Å². The van der Waals surface area contributed by atoms with Crippen molar-refractivity contribution in [2.75, 3.05) is 12.3 Å². The van der Waals surface area contributed by atoms with Gasteiger partial charge in [0.15, 0.2) is 0 Å². The lowest BCUT2D eigenvalue weighted by Crippen LogP contribution is -2.29. The van der Waals surface area contributed by atoms with E-state index in [0.717, 1.165) is 4.57 Å². The molecule has 25 heavy (non-hydrogen) atoms. The summed E-state index contributed by atoms with van der Waals surface area (Å²) in [5, 5.41) is 9.93. The molecule has 142 valence electrons. The Hall–Kier alpha value is -1.14. The molecule has 1 aliphatic rings. The molecule has 1 aliphatic heterocycles. The minimum atomic E-state index is -5.25. The molecule has 0 saturated carbocycles. The minimum absolute atomic E-state index is 0.0476. The molecule has 2 rings (SSSR count). The van der Waals surface area contributed by atoms with Crippen LogP contribution in [-0.4, -0.2) is 48.2 Å². The van der Waals surface area contributed by atoms with Crippen LogP contribution in [0, 0.1) is 6.92 Å². The second kappa shape index (κ2) is 7.23. The fourth-order valence-corrected chi connectivity index (χ4v) is 3.75. The van der Waals surface area contributed by atoms with Crippen molar-refractivity contribution >= 4 is 21.5 Å². The maximum atomic E-state index is 11.9. The first-order chi connectivity index (χ1) is 11.4. The smallest absolute Gasteiger partial charge is 0.390 e. The molecular weight excluding hydrogens is 384 g/mol. The van der Waals surface area contributed by atoms with Crippen LogP contribution in [0.3, 0.4) is 0 Å². The average Bonchev–Trinajstić information content (AvgIpc) is 2.79. The molecule has 0 radical (unpaired) electrons. The second-order valence-corrected chi connectivity index (χ2v) is 8.10. The highest BCUT2D eigenvalue weighted by Gasteiger charge is 2.39. The van der Waals surface area contributed by atoms with E-state index >= 15 is 0 Å². The van der Waals surface area contributed by atoms with E-state index in [2.05, 4.69) is 13.8 Å². The number of anilines is 1. The van der Waals surface area contributed by atoms with Gasteiger partial charge in [0.25, 0.3) is 0 Å². The molecule has 0 aliphatic carbocycles. The minimum Gasteiger partial charge on any atom is -0.390 e. The number of aliphatic hydroxyl groups is 1. The molecule has 0 spiro atoms. The van der Waals surface area contributed by atoms with Crippen LogP contribution in [0.2, 0.25) is 0 Å². The van der Waals surface area contributed by atoms with Gasteiger partial charge < -0.3 is 30.3 Å². The Bertz CT molecular complexity index is 792. The Labute approximate surface area is 140 Å². The Kier molecular flexibility index (Phi) is 5.84. The fourth-order valence-electron chi connectivity index (χ4n) is 2.15. The summed E-state index contributed by atoms with van der Waals surface area (Å²) in [7, 11) is -10.3. The number of aromatic nitrogens is 2. The van der Waals surface area contributed by atoms with E-state index in [-0.39, 0.29) is 12.2 Å². The van der Waals surface area contributed by atoms with Gasteiger partial charge in [-0.15, -0.1) is 0 Å². The largest absolute Gasteiger partial charge is 0.481 e. The molecule has 1 saturated heterocycles. The first-order valence-corrected chi connectivity index (χ1v) is 9.83. The molecular formula is C10H17N3O10P2. The summed E-state index contributed by atoms with van der Waals surface area (Å²) >= 11 is 0. The predicted molar refractivity (Wildman–Crippen MR) is 81.1 cm³/mol. The fraction of sp³-hybridized carbons (Fsp3) is 0.600. The van der Waals surface area contributed by atoms with Gasteiger partial charge in [0, 0.05) is 18.2 Å². The monoisotopic (exact) mass is 401 g/mol. The zero-order chi connectivity index (χ0) is 19.0. The van der Waals surface area contributed by atoms with Crippen LogP contribution >= 0.6 is 15.6 Å².